The summed E-state index contributed by atoms with van der Waals surface area (Å²) in [6, 6.07) is 13.4. The molecule has 206 valence electrons. The molecule has 0 radical (unpaired) electrons. The first-order valence-electron chi connectivity index (χ1n) is 13.0. The van der Waals surface area contributed by atoms with E-state index in [9.17, 15) is 19.5 Å². The summed E-state index contributed by atoms with van der Waals surface area (Å²) in [5.74, 6) is -0.684. The van der Waals surface area contributed by atoms with E-state index in [0.29, 0.717) is 11.1 Å². The van der Waals surface area contributed by atoms with Gasteiger partial charge in [-0.1, -0.05) is 61.9 Å². The number of nitrogens with zero attached hydrogens (tertiary/aromatic N) is 1. The van der Waals surface area contributed by atoms with E-state index in [2.05, 4.69) is 17.2 Å². The number of phenolic OH excluding ortho intramolecular Hbond substituents is 1. The van der Waals surface area contributed by atoms with Crippen molar-refractivity contribution in [1.82, 2.24) is 15.5 Å². The highest BCUT2D eigenvalue weighted by atomic mass is 16.6. The topological polar surface area (TPSA) is 108 Å². The Balaban J connectivity index is 2.48. The first-order valence-corrected chi connectivity index (χ1v) is 13.0. The van der Waals surface area contributed by atoms with Crippen LogP contribution in [0.1, 0.15) is 64.6 Å². The molecule has 8 nitrogen and oxygen atoms in total. The molecule has 0 spiro atoms. The average Bonchev–Trinajstić information content (AvgIpc) is 2.84. The molecule has 0 aliphatic heterocycles. The summed E-state index contributed by atoms with van der Waals surface area (Å²) in [7, 11) is 0. The molecular weight excluding hydrogens is 482 g/mol. The van der Waals surface area contributed by atoms with Crippen LogP contribution in [0.5, 0.6) is 5.75 Å². The van der Waals surface area contributed by atoms with Gasteiger partial charge in [-0.05, 0) is 57.4 Å². The lowest BCUT2D eigenvalue weighted by atomic mass is 10.00. The Kier molecular flexibility index (Phi) is 11.4. The molecular formula is C30H41N3O5. The fourth-order valence-corrected chi connectivity index (χ4v) is 4.11. The molecule has 0 bridgehead atoms. The highest BCUT2D eigenvalue weighted by Crippen LogP contribution is 2.24. The van der Waals surface area contributed by atoms with Gasteiger partial charge >= 0.3 is 6.09 Å². The minimum absolute atomic E-state index is 0.0768. The van der Waals surface area contributed by atoms with Crippen LogP contribution >= 0.6 is 0 Å². The van der Waals surface area contributed by atoms with Crippen molar-refractivity contribution in [3.8, 4) is 5.75 Å². The number of benzene rings is 2. The van der Waals surface area contributed by atoms with Crippen molar-refractivity contribution in [3.63, 3.8) is 0 Å². The monoisotopic (exact) mass is 523 g/mol. The van der Waals surface area contributed by atoms with Gasteiger partial charge in [-0.2, -0.15) is 0 Å². The maximum Gasteiger partial charge on any atom is 0.408 e. The zero-order valence-electron chi connectivity index (χ0n) is 23.1. The lowest BCUT2D eigenvalue weighted by Crippen LogP contribution is -2.54. The number of hydrogen-bond acceptors (Lipinski definition) is 5. The number of alkyl carbamates (subject to hydrolysis) is 1. The zero-order chi connectivity index (χ0) is 28.3. The Bertz CT molecular complexity index is 1060. The lowest BCUT2D eigenvalue weighted by Gasteiger charge is -2.34. The third-order valence-electron chi connectivity index (χ3n) is 5.76. The van der Waals surface area contributed by atoms with E-state index in [4.69, 9.17) is 4.74 Å². The molecule has 38 heavy (non-hydrogen) atoms. The van der Waals surface area contributed by atoms with E-state index >= 15 is 0 Å². The summed E-state index contributed by atoms with van der Waals surface area (Å²) < 4.78 is 5.43. The van der Waals surface area contributed by atoms with Crippen LogP contribution in [0.4, 0.5) is 4.79 Å². The van der Waals surface area contributed by atoms with Gasteiger partial charge in [0.25, 0.3) is 0 Å². The molecule has 2 aromatic rings. The molecule has 8 heteroatoms. The quantitative estimate of drug-likeness (QED) is 0.344. The Hall–Kier alpha value is -3.81. The standard InChI is InChI=1S/C30H41N3O5/c1-7-12-21(3)31-27(35)26(23-13-10-9-11-14-23)33(19-8-2)28(36)25(32-29(37)38-30(4,5)6)20-22-15-17-24(34)18-16-22/h8-11,13-18,21,25-26,34H,2,7,12,19-20H2,1,3-6H3,(H,31,35)(H,32,37). The third kappa shape index (κ3) is 9.57. The van der Waals surface area contributed by atoms with Gasteiger partial charge in [0.05, 0.1) is 0 Å². The van der Waals surface area contributed by atoms with Crippen molar-refractivity contribution in [1.29, 1.82) is 0 Å². The van der Waals surface area contributed by atoms with Gasteiger partial charge in [0.15, 0.2) is 0 Å². The highest BCUT2D eigenvalue weighted by Gasteiger charge is 2.36. The summed E-state index contributed by atoms with van der Waals surface area (Å²) >= 11 is 0. The summed E-state index contributed by atoms with van der Waals surface area (Å²) in [4.78, 5) is 41.9. The largest absolute Gasteiger partial charge is 0.508 e. The number of aromatic hydroxyl groups is 1. The predicted molar refractivity (Wildman–Crippen MR) is 149 cm³/mol. The summed E-state index contributed by atoms with van der Waals surface area (Å²) in [6.45, 7) is 13.1. The fourth-order valence-electron chi connectivity index (χ4n) is 4.11. The molecule has 2 rings (SSSR count). The van der Waals surface area contributed by atoms with Gasteiger partial charge in [-0.3, -0.25) is 9.59 Å². The van der Waals surface area contributed by atoms with Crippen molar-refractivity contribution in [2.24, 2.45) is 0 Å². The van der Waals surface area contributed by atoms with Gasteiger partial charge in [-0.25, -0.2) is 4.79 Å². The lowest BCUT2D eigenvalue weighted by molar-refractivity contribution is -0.142. The summed E-state index contributed by atoms with van der Waals surface area (Å²) in [5.41, 5.74) is 0.594. The number of carbonyl (C=O) groups is 3. The van der Waals surface area contributed by atoms with Crippen LogP contribution in [0.3, 0.4) is 0 Å². The van der Waals surface area contributed by atoms with Gasteiger partial charge in [0, 0.05) is 19.0 Å². The van der Waals surface area contributed by atoms with Crippen LogP contribution in [-0.2, 0) is 20.7 Å². The molecule has 3 atom stereocenters. The second kappa shape index (κ2) is 14.2. The van der Waals surface area contributed by atoms with Crippen molar-refractivity contribution in [2.45, 2.75) is 77.6 Å². The fraction of sp³-hybridized carbons (Fsp3) is 0.433. The molecule has 3 amide bonds. The van der Waals surface area contributed by atoms with Crippen molar-refractivity contribution < 1.29 is 24.2 Å². The Morgan fingerprint density at radius 3 is 2.24 bits per heavy atom. The van der Waals surface area contributed by atoms with Crippen LogP contribution in [0, 0.1) is 0 Å². The van der Waals surface area contributed by atoms with Crippen LogP contribution in [0.15, 0.2) is 67.3 Å². The molecule has 3 N–H and O–H groups in total. The second-order valence-electron chi connectivity index (χ2n) is 10.4. The van der Waals surface area contributed by atoms with Gasteiger partial charge in [0.1, 0.15) is 23.4 Å². The first-order chi connectivity index (χ1) is 17.9. The van der Waals surface area contributed by atoms with Gasteiger partial charge < -0.3 is 25.4 Å². The molecule has 0 aliphatic carbocycles. The highest BCUT2D eigenvalue weighted by molar-refractivity contribution is 5.92. The Labute approximate surface area is 226 Å². The molecule has 0 heterocycles. The Morgan fingerprint density at radius 1 is 1.05 bits per heavy atom. The number of carbonyl (C=O) groups excluding carboxylic acids is 3. The van der Waals surface area contributed by atoms with E-state index in [1.807, 2.05) is 32.0 Å². The van der Waals surface area contributed by atoms with E-state index < -0.39 is 29.7 Å². The maximum absolute atomic E-state index is 14.1. The summed E-state index contributed by atoms with van der Waals surface area (Å²) in [5, 5.41) is 15.4. The number of phenols is 1. The van der Waals surface area contributed by atoms with E-state index in [-0.39, 0.29) is 30.7 Å². The minimum atomic E-state index is -1.04. The first kappa shape index (κ1) is 30.4. The molecule has 3 unspecified atom stereocenters. The molecule has 2 aromatic carbocycles. The SMILES string of the molecule is C=CCN(C(=O)C(Cc1ccc(O)cc1)NC(=O)OC(C)(C)C)C(C(=O)NC(C)CCC)c1ccccc1. The molecule has 0 fully saturated rings. The zero-order valence-corrected chi connectivity index (χ0v) is 23.1. The molecule has 0 saturated heterocycles. The molecule has 0 saturated carbocycles. The average molecular weight is 524 g/mol. The van der Waals surface area contributed by atoms with Crippen LogP contribution < -0.4 is 10.6 Å². The minimum Gasteiger partial charge on any atom is -0.508 e. The van der Waals surface area contributed by atoms with Crippen molar-refractivity contribution >= 4 is 17.9 Å². The van der Waals surface area contributed by atoms with Crippen LogP contribution in [0.2, 0.25) is 0 Å². The maximum atomic E-state index is 14.1. The van der Waals surface area contributed by atoms with E-state index in [1.54, 1.807) is 51.1 Å². The smallest absolute Gasteiger partial charge is 0.408 e. The van der Waals surface area contributed by atoms with E-state index in [0.717, 1.165) is 12.8 Å². The molecule has 0 aromatic heterocycles. The number of rotatable bonds is 12. The number of hydrogen-bond donors (Lipinski definition) is 3. The van der Waals surface area contributed by atoms with Crippen LogP contribution in [-0.4, -0.2) is 52.1 Å². The van der Waals surface area contributed by atoms with Crippen LogP contribution in [0.25, 0.3) is 0 Å². The number of amides is 3. The van der Waals surface area contributed by atoms with Gasteiger partial charge in [0.2, 0.25) is 11.8 Å². The number of nitrogens with one attached hydrogen (secondary N) is 2. The third-order valence-corrected chi connectivity index (χ3v) is 5.76. The normalized spacial score (nSPS) is 13.5. The van der Waals surface area contributed by atoms with E-state index in [1.165, 1.54) is 17.0 Å². The van der Waals surface area contributed by atoms with Gasteiger partial charge in [-0.15, -0.1) is 6.58 Å². The Morgan fingerprint density at radius 2 is 1.68 bits per heavy atom. The number of ether oxygens (including phenoxy) is 1. The molecule has 0 aliphatic rings. The van der Waals surface area contributed by atoms with Crippen molar-refractivity contribution in [2.75, 3.05) is 6.54 Å². The summed E-state index contributed by atoms with van der Waals surface area (Å²) in [6.07, 6.45) is 2.64. The predicted octanol–water partition coefficient (Wildman–Crippen LogP) is 4.89. The second-order valence-corrected chi connectivity index (χ2v) is 10.4. The van der Waals surface area contributed by atoms with Crippen molar-refractivity contribution in [3.05, 3.63) is 78.4 Å².